The second-order valence-electron chi connectivity index (χ2n) is 4.60. The average molecular weight is 314 g/mol. The zero-order chi connectivity index (χ0) is 16.4. The van der Waals surface area contributed by atoms with Crippen molar-refractivity contribution in [3.8, 4) is 17.4 Å². The van der Waals surface area contributed by atoms with Gasteiger partial charge in [0, 0.05) is 0 Å². The maximum atomic E-state index is 11.6. The predicted octanol–water partition coefficient (Wildman–Crippen LogP) is -3.79. The standard InChI is InChI=1S/C11H14N4O7/c16-3-5(18)8(20)4(17)1-15-2-6(19)12-7-9(15)13-11(22)14-10(7)21/h2,4-5,8,16-20H,1,3H2,(H,14,21,22). The smallest absolute Gasteiger partial charge is 0.349 e. The Morgan fingerprint density at radius 1 is 1.18 bits per heavy atom. The Labute approximate surface area is 122 Å². The number of hydrogen-bond donors (Lipinski definition) is 6. The van der Waals surface area contributed by atoms with Crippen molar-refractivity contribution in [3.05, 3.63) is 27.0 Å². The van der Waals surface area contributed by atoms with Crippen LogP contribution >= 0.6 is 0 Å². The summed E-state index contributed by atoms with van der Waals surface area (Å²) in [6.45, 7) is -1.19. The maximum Gasteiger partial charge on any atom is 0.349 e. The molecule has 2 aliphatic rings. The minimum Gasteiger partial charge on any atom is -0.492 e. The minimum atomic E-state index is -1.68. The Morgan fingerprint density at radius 2 is 1.86 bits per heavy atom. The maximum absolute atomic E-state index is 11.6. The quantitative estimate of drug-likeness (QED) is 0.322. The number of nitrogens with zero attached hydrogens (tertiary/aromatic N) is 3. The van der Waals surface area contributed by atoms with Crippen molar-refractivity contribution in [2.45, 2.75) is 24.9 Å². The molecule has 0 amide bonds. The third kappa shape index (κ3) is 3.12. The van der Waals surface area contributed by atoms with Gasteiger partial charge in [0.25, 0.3) is 5.56 Å². The molecule has 0 aromatic carbocycles. The van der Waals surface area contributed by atoms with Crippen LogP contribution in [0.2, 0.25) is 0 Å². The van der Waals surface area contributed by atoms with Crippen molar-refractivity contribution in [3.63, 3.8) is 0 Å². The summed E-state index contributed by atoms with van der Waals surface area (Å²) in [5.41, 5.74) is -2.14. The molecule has 2 heterocycles. The molecule has 0 fully saturated rings. The van der Waals surface area contributed by atoms with E-state index in [2.05, 4.69) is 9.97 Å². The summed E-state index contributed by atoms with van der Waals surface area (Å²) in [4.78, 5) is 31.8. The molecule has 0 aromatic heterocycles. The zero-order valence-corrected chi connectivity index (χ0v) is 11.1. The van der Waals surface area contributed by atoms with Gasteiger partial charge in [-0.3, -0.25) is 9.78 Å². The van der Waals surface area contributed by atoms with Gasteiger partial charge in [0.05, 0.1) is 19.3 Å². The lowest BCUT2D eigenvalue weighted by atomic mass is 10.1. The highest BCUT2D eigenvalue weighted by Gasteiger charge is 2.26. The molecule has 3 unspecified atom stereocenters. The molecule has 0 radical (unpaired) electrons. The highest BCUT2D eigenvalue weighted by atomic mass is 16.4. The van der Waals surface area contributed by atoms with Crippen LogP contribution in [0.3, 0.4) is 0 Å². The third-order valence-corrected chi connectivity index (χ3v) is 2.98. The highest BCUT2D eigenvalue weighted by Crippen LogP contribution is 2.17. The van der Waals surface area contributed by atoms with Crippen molar-refractivity contribution >= 4 is 0 Å². The van der Waals surface area contributed by atoms with E-state index in [1.54, 1.807) is 0 Å². The van der Waals surface area contributed by atoms with Crippen molar-refractivity contribution < 1.29 is 25.5 Å². The van der Waals surface area contributed by atoms with Crippen molar-refractivity contribution in [2.24, 2.45) is 0 Å². The predicted molar refractivity (Wildman–Crippen MR) is 70.3 cm³/mol. The number of aromatic amines is 1. The summed E-state index contributed by atoms with van der Waals surface area (Å²) in [5.74, 6) is -0.779. The largest absolute Gasteiger partial charge is 0.492 e. The molecule has 0 saturated heterocycles. The summed E-state index contributed by atoms with van der Waals surface area (Å²) < 4.78 is 1.03. The van der Waals surface area contributed by atoms with E-state index in [4.69, 9.17) is 5.11 Å². The Balaban J connectivity index is 2.43. The van der Waals surface area contributed by atoms with Gasteiger partial charge in [0.1, 0.15) is 18.3 Å². The van der Waals surface area contributed by atoms with E-state index < -0.39 is 48.6 Å². The van der Waals surface area contributed by atoms with Gasteiger partial charge in [-0.15, -0.1) is 0 Å². The molecule has 22 heavy (non-hydrogen) atoms. The van der Waals surface area contributed by atoms with Crippen LogP contribution < -0.4 is 11.2 Å². The highest BCUT2D eigenvalue weighted by molar-refractivity contribution is 5.49. The number of nitrogens with one attached hydrogen (secondary N) is 1. The van der Waals surface area contributed by atoms with Crippen molar-refractivity contribution in [1.29, 1.82) is 0 Å². The first-order chi connectivity index (χ1) is 10.3. The molecule has 2 aliphatic heterocycles. The number of aromatic nitrogens is 4. The average Bonchev–Trinajstić information content (AvgIpc) is 2.46. The van der Waals surface area contributed by atoms with E-state index in [1.165, 1.54) is 0 Å². The summed E-state index contributed by atoms with van der Waals surface area (Å²) >= 11 is 0. The molecule has 0 spiro atoms. The molecule has 120 valence electrons. The fourth-order valence-electron chi connectivity index (χ4n) is 1.89. The number of hydrogen-bond acceptors (Lipinski definition) is 9. The van der Waals surface area contributed by atoms with Gasteiger partial charge >= 0.3 is 5.69 Å². The lowest BCUT2D eigenvalue weighted by molar-refractivity contribution is -0.0806. The van der Waals surface area contributed by atoms with E-state index in [9.17, 15) is 30.0 Å². The van der Waals surface area contributed by atoms with Crippen molar-refractivity contribution in [2.75, 3.05) is 6.61 Å². The number of aromatic hydroxyl groups is 1. The molecule has 11 heteroatoms. The van der Waals surface area contributed by atoms with Gasteiger partial charge in [-0.05, 0) is 0 Å². The Kier molecular flexibility index (Phi) is 4.51. The van der Waals surface area contributed by atoms with Gasteiger partial charge in [-0.25, -0.2) is 9.78 Å². The summed E-state index contributed by atoms with van der Waals surface area (Å²) in [7, 11) is 0. The summed E-state index contributed by atoms with van der Waals surface area (Å²) in [5, 5.41) is 46.9. The summed E-state index contributed by atoms with van der Waals surface area (Å²) in [6, 6.07) is 0. The number of H-pyrrole nitrogens is 1. The number of fused-ring (bicyclic) bond motifs is 1. The second-order valence-corrected chi connectivity index (χ2v) is 4.60. The first-order valence-electron chi connectivity index (χ1n) is 6.19. The monoisotopic (exact) mass is 314 g/mol. The number of rotatable bonds is 5. The molecule has 2 rings (SSSR count). The van der Waals surface area contributed by atoms with Crippen molar-refractivity contribution in [1.82, 2.24) is 19.5 Å². The van der Waals surface area contributed by atoms with E-state index in [0.29, 0.717) is 0 Å². The SMILES string of the molecule is O=c1nc2n(CC(O)C(O)C(O)CO)cc(O)nc-2c(=O)[nH]1. The van der Waals surface area contributed by atoms with Crippen LogP contribution in [0.5, 0.6) is 5.88 Å². The van der Waals surface area contributed by atoms with Gasteiger partial charge in [0.2, 0.25) is 5.88 Å². The second kappa shape index (κ2) is 6.19. The summed E-state index contributed by atoms with van der Waals surface area (Å²) in [6.07, 6.45) is -3.83. The Hall–Kier alpha value is -2.34. The van der Waals surface area contributed by atoms with E-state index >= 15 is 0 Å². The molecular weight excluding hydrogens is 300 g/mol. The zero-order valence-electron chi connectivity index (χ0n) is 11.1. The normalized spacial score (nSPS) is 15.6. The van der Waals surface area contributed by atoms with Crippen LogP contribution in [0.4, 0.5) is 0 Å². The van der Waals surface area contributed by atoms with Crippen LogP contribution in [0.15, 0.2) is 15.8 Å². The van der Waals surface area contributed by atoms with Gasteiger partial charge in [0.15, 0.2) is 11.5 Å². The topological polar surface area (TPSA) is 182 Å². The molecule has 11 nitrogen and oxygen atoms in total. The minimum absolute atomic E-state index is 0.212. The van der Waals surface area contributed by atoms with Crippen LogP contribution in [0.1, 0.15) is 0 Å². The molecular formula is C11H14N4O7. The van der Waals surface area contributed by atoms with Crippen LogP contribution in [-0.4, -0.2) is 70.0 Å². The van der Waals surface area contributed by atoms with E-state index in [0.717, 1.165) is 10.8 Å². The fraction of sp³-hybridized carbons (Fsp3) is 0.455. The van der Waals surface area contributed by atoms with Gasteiger partial charge in [-0.1, -0.05) is 0 Å². The third-order valence-electron chi connectivity index (χ3n) is 2.98. The first kappa shape index (κ1) is 16.0. The fourth-order valence-corrected chi connectivity index (χ4v) is 1.89. The first-order valence-corrected chi connectivity index (χ1v) is 6.19. The Bertz CT molecular complexity index is 742. The molecule has 3 atom stereocenters. The number of aliphatic hydroxyl groups is 4. The van der Waals surface area contributed by atoms with Crippen LogP contribution in [-0.2, 0) is 6.54 Å². The van der Waals surface area contributed by atoms with Gasteiger partial charge < -0.3 is 30.1 Å². The molecule has 0 aliphatic carbocycles. The van der Waals surface area contributed by atoms with Crippen LogP contribution in [0.25, 0.3) is 11.5 Å². The van der Waals surface area contributed by atoms with Gasteiger partial charge in [-0.2, -0.15) is 4.98 Å². The molecule has 6 N–H and O–H groups in total. The number of aliphatic hydroxyl groups excluding tert-OH is 4. The lowest BCUT2D eigenvalue weighted by Gasteiger charge is -2.23. The van der Waals surface area contributed by atoms with E-state index in [-0.39, 0.29) is 11.5 Å². The molecule has 0 saturated carbocycles. The Morgan fingerprint density at radius 3 is 2.50 bits per heavy atom. The molecule has 0 aromatic rings. The van der Waals surface area contributed by atoms with E-state index in [1.807, 2.05) is 4.98 Å². The molecule has 0 bridgehead atoms. The lowest BCUT2D eigenvalue weighted by Crippen LogP contribution is -2.42. The van der Waals surface area contributed by atoms with Crippen LogP contribution in [0, 0.1) is 0 Å².